The van der Waals surface area contributed by atoms with Gasteiger partial charge in [0.1, 0.15) is 0 Å². The average Bonchev–Trinajstić information content (AvgIpc) is 3.08. The van der Waals surface area contributed by atoms with Gasteiger partial charge >= 0.3 is 0 Å². The standard InChI is InChI=1S/C13H23N3OS/c1-4-14-11(10-5-6-10)7-13-15-12(16-17-13)8-18-9(2)3/h9-11,14H,4-8H2,1-3H3. The van der Waals surface area contributed by atoms with E-state index < -0.39 is 0 Å². The van der Waals surface area contributed by atoms with Crippen LogP contribution in [-0.4, -0.2) is 28.0 Å². The Morgan fingerprint density at radius 3 is 2.83 bits per heavy atom. The van der Waals surface area contributed by atoms with E-state index in [1.807, 2.05) is 11.8 Å². The van der Waals surface area contributed by atoms with E-state index in [0.29, 0.717) is 11.3 Å². The smallest absolute Gasteiger partial charge is 0.228 e. The van der Waals surface area contributed by atoms with Crippen LogP contribution in [0.15, 0.2) is 4.52 Å². The molecule has 0 bridgehead atoms. The lowest BCUT2D eigenvalue weighted by Gasteiger charge is -2.14. The van der Waals surface area contributed by atoms with E-state index in [0.717, 1.165) is 36.4 Å². The van der Waals surface area contributed by atoms with Crippen LogP contribution in [0.2, 0.25) is 0 Å². The number of thioether (sulfide) groups is 1. The van der Waals surface area contributed by atoms with Crippen LogP contribution in [0.4, 0.5) is 0 Å². The predicted octanol–water partition coefficient (Wildman–Crippen LogP) is 2.64. The second-order valence-electron chi connectivity index (χ2n) is 5.17. The number of likely N-dealkylation sites (N-methyl/N-ethyl adjacent to an activating group) is 1. The summed E-state index contributed by atoms with van der Waals surface area (Å²) in [6.45, 7) is 7.51. The molecule has 1 aromatic heterocycles. The van der Waals surface area contributed by atoms with Crippen LogP contribution >= 0.6 is 11.8 Å². The van der Waals surface area contributed by atoms with Gasteiger partial charge in [-0.25, -0.2) is 0 Å². The second kappa shape index (κ2) is 6.57. The number of aromatic nitrogens is 2. The molecule has 1 N–H and O–H groups in total. The third kappa shape index (κ3) is 4.28. The number of nitrogens with zero attached hydrogens (tertiary/aromatic N) is 2. The monoisotopic (exact) mass is 269 g/mol. The summed E-state index contributed by atoms with van der Waals surface area (Å²) < 4.78 is 5.34. The molecule has 4 nitrogen and oxygen atoms in total. The van der Waals surface area contributed by atoms with Gasteiger partial charge in [0, 0.05) is 12.5 Å². The van der Waals surface area contributed by atoms with Gasteiger partial charge in [-0.05, 0) is 30.6 Å². The molecule has 0 aromatic carbocycles. The summed E-state index contributed by atoms with van der Waals surface area (Å²) in [5.74, 6) is 3.27. The maximum atomic E-state index is 5.34. The Morgan fingerprint density at radius 2 is 2.22 bits per heavy atom. The molecule has 102 valence electrons. The molecule has 1 heterocycles. The van der Waals surface area contributed by atoms with E-state index in [2.05, 4.69) is 36.2 Å². The quantitative estimate of drug-likeness (QED) is 0.786. The van der Waals surface area contributed by atoms with Crippen molar-refractivity contribution in [2.75, 3.05) is 6.54 Å². The highest BCUT2D eigenvalue weighted by atomic mass is 32.2. The molecular formula is C13H23N3OS. The van der Waals surface area contributed by atoms with Crippen molar-refractivity contribution in [2.24, 2.45) is 5.92 Å². The van der Waals surface area contributed by atoms with Crippen molar-refractivity contribution < 1.29 is 4.52 Å². The van der Waals surface area contributed by atoms with E-state index in [9.17, 15) is 0 Å². The summed E-state index contributed by atoms with van der Waals surface area (Å²) in [4.78, 5) is 4.48. The van der Waals surface area contributed by atoms with Crippen LogP contribution in [0, 0.1) is 5.92 Å². The normalized spacial score (nSPS) is 17.3. The Hall–Kier alpha value is -0.550. The highest BCUT2D eigenvalue weighted by Gasteiger charge is 2.31. The molecule has 0 radical (unpaired) electrons. The molecule has 1 aromatic rings. The van der Waals surface area contributed by atoms with Crippen molar-refractivity contribution in [1.82, 2.24) is 15.5 Å². The zero-order valence-electron chi connectivity index (χ0n) is 11.5. The van der Waals surface area contributed by atoms with Crippen LogP contribution in [0.25, 0.3) is 0 Å². The van der Waals surface area contributed by atoms with Gasteiger partial charge in [0.25, 0.3) is 0 Å². The minimum Gasteiger partial charge on any atom is -0.339 e. The maximum Gasteiger partial charge on any atom is 0.228 e. The average molecular weight is 269 g/mol. The molecule has 1 atom stereocenters. The molecule has 1 aliphatic rings. The summed E-state index contributed by atoms with van der Waals surface area (Å²) in [6.07, 6.45) is 3.54. The van der Waals surface area contributed by atoms with Crippen LogP contribution < -0.4 is 5.32 Å². The minimum absolute atomic E-state index is 0.515. The van der Waals surface area contributed by atoms with Crippen molar-refractivity contribution in [3.63, 3.8) is 0 Å². The lowest BCUT2D eigenvalue weighted by atomic mass is 10.1. The third-order valence-corrected chi connectivity index (χ3v) is 4.20. The van der Waals surface area contributed by atoms with Gasteiger partial charge in [0.05, 0.1) is 5.75 Å². The zero-order valence-corrected chi connectivity index (χ0v) is 12.3. The van der Waals surface area contributed by atoms with Gasteiger partial charge < -0.3 is 9.84 Å². The van der Waals surface area contributed by atoms with E-state index in [1.54, 1.807) is 0 Å². The molecule has 0 saturated heterocycles. The molecule has 0 aliphatic heterocycles. The maximum absolute atomic E-state index is 5.34. The molecular weight excluding hydrogens is 246 g/mol. The van der Waals surface area contributed by atoms with Crippen molar-refractivity contribution in [3.05, 3.63) is 11.7 Å². The van der Waals surface area contributed by atoms with E-state index in [4.69, 9.17) is 4.52 Å². The molecule has 1 saturated carbocycles. The number of hydrogen-bond acceptors (Lipinski definition) is 5. The minimum atomic E-state index is 0.515. The van der Waals surface area contributed by atoms with E-state index in [1.165, 1.54) is 12.8 Å². The highest BCUT2D eigenvalue weighted by molar-refractivity contribution is 7.99. The summed E-state index contributed by atoms with van der Waals surface area (Å²) in [5, 5.41) is 8.17. The topological polar surface area (TPSA) is 51.0 Å². The summed E-state index contributed by atoms with van der Waals surface area (Å²) in [7, 11) is 0. The first kappa shape index (κ1) is 13.9. The molecule has 0 spiro atoms. The second-order valence-corrected chi connectivity index (χ2v) is 6.73. The van der Waals surface area contributed by atoms with Crippen LogP contribution in [0.1, 0.15) is 45.3 Å². The van der Waals surface area contributed by atoms with Crippen molar-refractivity contribution in [2.45, 2.75) is 57.1 Å². The molecule has 5 heteroatoms. The third-order valence-electron chi connectivity index (χ3n) is 3.11. The first-order valence-electron chi connectivity index (χ1n) is 6.85. The summed E-state index contributed by atoms with van der Waals surface area (Å²) >= 11 is 1.84. The Labute approximate surface area is 113 Å². The molecule has 1 aliphatic carbocycles. The van der Waals surface area contributed by atoms with Crippen LogP contribution in [0.3, 0.4) is 0 Å². The Morgan fingerprint density at radius 1 is 1.44 bits per heavy atom. The Kier molecular flexibility index (Phi) is 5.06. The van der Waals surface area contributed by atoms with Crippen molar-refractivity contribution in [3.8, 4) is 0 Å². The molecule has 1 unspecified atom stereocenters. The fourth-order valence-corrected chi connectivity index (χ4v) is 2.63. The van der Waals surface area contributed by atoms with Gasteiger partial charge in [-0.3, -0.25) is 0 Å². The van der Waals surface area contributed by atoms with Gasteiger partial charge in [0.15, 0.2) is 5.82 Å². The zero-order chi connectivity index (χ0) is 13.0. The van der Waals surface area contributed by atoms with Gasteiger partial charge in [-0.2, -0.15) is 16.7 Å². The summed E-state index contributed by atoms with van der Waals surface area (Å²) in [6, 6.07) is 0.515. The van der Waals surface area contributed by atoms with E-state index >= 15 is 0 Å². The van der Waals surface area contributed by atoms with Gasteiger partial charge in [-0.1, -0.05) is 25.9 Å². The molecule has 0 amide bonds. The lowest BCUT2D eigenvalue weighted by Crippen LogP contribution is -2.33. The number of nitrogens with one attached hydrogen (secondary N) is 1. The fourth-order valence-electron chi connectivity index (χ4n) is 2.03. The molecule has 2 rings (SSSR count). The molecule has 1 fully saturated rings. The predicted molar refractivity (Wildman–Crippen MR) is 74.6 cm³/mol. The highest BCUT2D eigenvalue weighted by Crippen LogP contribution is 2.33. The summed E-state index contributed by atoms with van der Waals surface area (Å²) in [5.41, 5.74) is 0. The van der Waals surface area contributed by atoms with Crippen molar-refractivity contribution in [1.29, 1.82) is 0 Å². The van der Waals surface area contributed by atoms with Crippen LogP contribution in [0.5, 0.6) is 0 Å². The lowest BCUT2D eigenvalue weighted by molar-refractivity contribution is 0.345. The molecule has 18 heavy (non-hydrogen) atoms. The first-order valence-corrected chi connectivity index (χ1v) is 7.90. The Balaban J connectivity index is 1.84. The van der Waals surface area contributed by atoms with Gasteiger partial charge in [0.2, 0.25) is 5.89 Å². The number of rotatable bonds is 8. The largest absolute Gasteiger partial charge is 0.339 e. The fraction of sp³-hybridized carbons (Fsp3) is 0.846. The van der Waals surface area contributed by atoms with E-state index in [-0.39, 0.29) is 0 Å². The SMILES string of the molecule is CCNC(Cc1nc(CSC(C)C)no1)C1CC1. The van der Waals surface area contributed by atoms with Crippen LogP contribution in [-0.2, 0) is 12.2 Å². The van der Waals surface area contributed by atoms with Crippen molar-refractivity contribution >= 4 is 11.8 Å². The number of hydrogen-bond donors (Lipinski definition) is 1. The Bertz CT molecular complexity index is 363. The van der Waals surface area contributed by atoms with Gasteiger partial charge in [-0.15, -0.1) is 0 Å². The first-order chi connectivity index (χ1) is 8.69.